The highest BCUT2D eigenvalue weighted by atomic mass is 32.1. The van der Waals surface area contributed by atoms with Crippen LogP contribution in [-0.2, 0) is 128 Å². The molecule has 0 saturated heterocycles. The minimum atomic E-state index is -2.03. The number of benzene rings is 4. The van der Waals surface area contributed by atoms with E-state index in [0.29, 0.717) is 38.5 Å². The number of nitrogens with two attached hydrogens (primary N) is 3. The number of aliphatic hydroxyl groups is 1. The lowest BCUT2D eigenvalue weighted by Crippen LogP contribution is -2.62. The summed E-state index contributed by atoms with van der Waals surface area (Å²) < 4.78 is 0. The summed E-state index contributed by atoms with van der Waals surface area (Å²) in [6, 6.07) is 2.32. The molecule has 137 heavy (non-hydrogen) atoms. The lowest BCUT2D eigenvalue weighted by Gasteiger charge is -2.28. The van der Waals surface area contributed by atoms with E-state index in [0.717, 1.165) is 13.8 Å². The number of aliphatic carboxylic acids is 3. The Morgan fingerprint density at radius 3 is 1.20 bits per heavy atom. The van der Waals surface area contributed by atoms with Gasteiger partial charge in [-0.3, -0.25) is 101 Å². The molecule has 0 aliphatic carbocycles. The van der Waals surface area contributed by atoms with Crippen LogP contribution in [-0.4, -0.2) is 286 Å². The molecule has 14 atom stereocenters. The summed E-state index contributed by atoms with van der Waals surface area (Å²) >= 11 is 8.52. The number of rotatable bonds is 57. The molecule has 49 nitrogen and oxygen atoms in total. The molecule has 3 aromatic heterocycles. The zero-order chi connectivity index (χ0) is 101. The Bertz CT molecular complexity index is 5480. The summed E-state index contributed by atoms with van der Waals surface area (Å²) in [5.41, 5.74) is 18.9. The van der Waals surface area contributed by atoms with Gasteiger partial charge in [0, 0.05) is 116 Å². The van der Waals surface area contributed by atoms with Gasteiger partial charge in [-0.05, 0) is 79.1 Å². The van der Waals surface area contributed by atoms with Gasteiger partial charge >= 0.3 is 17.9 Å². The van der Waals surface area contributed by atoms with Crippen molar-refractivity contribution in [3.63, 3.8) is 0 Å². The van der Waals surface area contributed by atoms with E-state index in [4.69, 9.17) is 22.6 Å². The molecule has 0 aliphatic heterocycles. The van der Waals surface area contributed by atoms with Gasteiger partial charge in [0.15, 0.2) is 5.96 Å². The van der Waals surface area contributed by atoms with Crippen LogP contribution >= 0.6 is 25.3 Å². The fraction of sp³-hybridized carbons (Fsp3) is 0.395. The molecule has 0 bridgehead atoms. The van der Waals surface area contributed by atoms with Crippen LogP contribution in [0.4, 0.5) is 0 Å². The first kappa shape index (κ1) is 108. The third-order valence-corrected chi connectivity index (χ3v) is 21.7. The number of carboxylic acids is 3. The predicted octanol–water partition coefficient (Wildman–Crippen LogP) is -6.79. The number of hydrogen-bond donors (Lipinski definition) is 30. The van der Waals surface area contributed by atoms with Crippen LogP contribution in [0.2, 0.25) is 0 Å². The Morgan fingerprint density at radius 1 is 0.394 bits per heavy atom. The molecule has 7 aromatic rings. The normalized spacial score (nSPS) is 14.1. The number of hydrogen-bond acceptors (Lipinski definition) is 26. The molecule has 736 valence electrons. The minimum Gasteiger partial charge on any atom is -0.508 e. The SMILES string of the molecule is CC(=O)N[C@@H](CC(N)=O)C(=O)N[C@@H](C)C(=O)N[C@@H](CC(=O)O)C(=O)N[C@@H](CS)C(=O)N[C@@H](Cc1cnc[nH]1)C(=O)N[C@@H](CO)C(=O)N[C@@H](Cc1c[nH]c2ccccc12)C(=O)N[C@@H](CCC(=O)O)C(=O)N[C@@H](CS)C(=O)N[C@@H](Cc1ccc(O)cc1)C(=O)N[C@@H](Cc1c[nH]c2ccccc12)C(=O)N[C@@H](CCCNC(=N)N)C(=O)N[C@@H](CCC(=O)O)C(=O)N[C@@H](Cc1ccccc1)C(=O)NCC(N)=O. The Kier molecular flexibility index (Phi) is 42.6. The van der Waals surface area contributed by atoms with Gasteiger partial charge in [0.2, 0.25) is 100 Å². The van der Waals surface area contributed by atoms with Crippen molar-refractivity contribution in [2.45, 2.75) is 182 Å². The van der Waals surface area contributed by atoms with E-state index in [2.05, 4.69) is 130 Å². The number of nitrogens with one attached hydrogen (secondary N) is 20. The highest BCUT2D eigenvalue weighted by molar-refractivity contribution is 7.80. The topological polar surface area (TPSA) is 797 Å². The number of aliphatic hydroxyl groups excluding tert-OH is 1. The monoisotopic (exact) mass is 1940 g/mol. The quantitative estimate of drug-likeness (QED) is 0.00729. The van der Waals surface area contributed by atoms with Crippen molar-refractivity contribution in [3.05, 3.63) is 156 Å². The van der Waals surface area contributed by atoms with Crippen LogP contribution < -0.4 is 102 Å². The fourth-order valence-corrected chi connectivity index (χ4v) is 14.4. The molecule has 0 radical (unpaired) electrons. The predicted molar refractivity (Wildman–Crippen MR) is 493 cm³/mol. The van der Waals surface area contributed by atoms with E-state index in [1.54, 1.807) is 78.9 Å². The Balaban J connectivity index is 1.14. The zero-order valence-corrected chi connectivity index (χ0v) is 75.7. The molecular formula is C86H110N24O25S2. The van der Waals surface area contributed by atoms with Crippen molar-refractivity contribution in [1.29, 1.82) is 5.41 Å². The van der Waals surface area contributed by atoms with Gasteiger partial charge in [0.05, 0.1) is 32.3 Å². The maximum absolute atomic E-state index is 15.3. The average Bonchev–Trinajstić information content (AvgIpc) is 1.70. The number of fused-ring (bicyclic) bond motifs is 2. The van der Waals surface area contributed by atoms with E-state index in [-0.39, 0.29) is 49.2 Å². The molecule has 51 heteroatoms. The first-order chi connectivity index (χ1) is 65.1. The second-order valence-electron chi connectivity index (χ2n) is 31.5. The first-order valence-corrected chi connectivity index (χ1v) is 43.9. The van der Waals surface area contributed by atoms with Gasteiger partial charge in [-0.15, -0.1) is 0 Å². The van der Waals surface area contributed by atoms with E-state index in [9.17, 15) is 107 Å². The summed E-state index contributed by atoms with van der Waals surface area (Å²) in [7, 11) is 0. The number of carbonyl (C=O) groups is 20. The summed E-state index contributed by atoms with van der Waals surface area (Å²) in [5.74, 6) is -25.3. The number of aromatic amines is 3. The van der Waals surface area contributed by atoms with Crippen molar-refractivity contribution in [2.24, 2.45) is 17.2 Å². The number of carboxylic acid groups (broad SMARTS) is 3. The number of imidazole rings is 1. The van der Waals surface area contributed by atoms with Crippen LogP contribution in [0.15, 0.2) is 128 Å². The number of thiol groups is 2. The van der Waals surface area contributed by atoms with Crippen LogP contribution in [0.5, 0.6) is 5.75 Å². The Labute approximate surface area is 791 Å². The number of phenols is 1. The van der Waals surface area contributed by atoms with Crippen molar-refractivity contribution < 1.29 is 121 Å². The summed E-state index contributed by atoms with van der Waals surface area (Å²) in [4.78, 5) is 286. The van der Waals surface area contributed by atoms with E-state index in [1.165, 1.54) is 49.2 Å². The lowest BCUT2D eigenvalue weighted by atomic mass is 10.0. The highest BCUT2D eigenvalue weighted by Gasteiger charge is 2.40. The molecule has 0 spiro atoms. The zero-order valence-electron chi connectivity index (χ0n) is 73.9. The van der Waals surface area contributed by atoms with E-state index < -0.39 is 291 Å². The van der Waals surface area contributed by atoms with E-state index >= 15 is 14.4 Å². The third-order valence-electron chi connectivity index (χ3n) is 20.9. The number of guanidine groups is 1. The van der Waals surface area contributed by atoms with Gasteiger partial charge in [-0.2, -0.15) is 25.3 Å². The molecule has 7 rings (SSSR count). The van der Waals surface area contributed by atoms with Crippen LogP contribution in [0.25, 0.3) is 21.8 Å². The summed E-state index contributed by atoms with van der Waals surface area (Å²) in [5, 5.41) is 98.2. The lowest BCUT2D eigenvalue weighted by molar-refractivity contribution is -0.141. The molecule has 3 heterocycles. The van der Waals surface area contributed by atoms with Gasteiger partial charge < -0.3 is 143 Å². The molecule has 17 amide bonds. The maximum Gasteiger partial charge on any atom is 0.305 e. The number of aromatic nitrogens is 4. The van der Waals surface area contributed by atoms with Crippen molar-refractivity contribution in [3.8, 4) is 5.75 Å². The molecular weight excluding hydrogens is 1830 g/mol. The summed E-state index contributed by atoms with van der Waals surface area (Å²) in [6.07, 6.45) is -1.57. The largest absolute Gasteiger partial charge is 0.508 e. The Hall–Kier alpha value is -15.7. The maximum atomic E-state index is 15.3. The Morgan fingerprint density at radius 2 is 0.774 bits per heavy atom. The van der Waals surface area contributed by atoms with Crippen molar-refractivity contribution in [1.82, 2.24) is 105 Å². The van der Waals surface area contributed by atoms with Crippen LogP contribution in [0, 0.1) is 5.41 Å². The third kappa shape index (κ3) is 35.7. The van der Waals surface area contributed by atoms with Gasteiger partial charge in [-0.25, -0.2) is 4.98 Å². The van der Waals surface area contributed by atoms with E-state index in [1.807, 2.05) is 0 Å². The molecule has 4 aromatic carbocycles. The average molecular weight is 1940 g/mol. The van der Waals surface area contributed by atoms with Gasteiger partial charge in [-0.1, -0.05) is 78.9 Å². The van der Waals surface area contributed by atoms with Gasteiger partial charge in [0.25, 0.3) is 0 Å². The van der Waals surface area contributed by atoms with Crippen molar-refractivity contribution in [2.75, 3.05) is 31.2 Å². The molecule has 0 fully saturated rings. The number of primary amides is 2. The van der Waals surface area contributed by atoms with Gasteiger partial charge in [0.1, 0.15) is 90.3 Å². The van der Waals surface area contributed by atoms with Crippen LogP contribution in [0.1, 0.15) is 93.2 Å². The number of carbonyl (C=O) groups excluding carboxylic acids is 17. The number of phenolic OH excluding ortho intramolecular Hbond substituents is 1. The molecule has 0 saturated carbocycles. The smallest absolute Gasteiger partial charge is 0.305 e. The number of aromatic hydroxyl groups is 1. The molecule has 31 N–H and O–H groups in total. The van der Waals surface area contributed by atoms with Crippen LogP contribution in [0.3, 0.4) is 0 Å². The second kappa shape index (κ2) is 53.9. The highest BCUT2D eigenvalue weighted by Crippen LogP contribution is 2.23. The standard InChI is InChI=1S/C86H110N24O25S2/c1-42(97-77(127)62(32-67(87)114)98-43(2)112)72(122)102-63(33-71(120)121)82(132)110-66(40-137)85(135)107-61(31-48-36-91-41-96-48)81(131)108-64(38-111)83(133)106-60(30-47-35-94-53-16-9-7-14-51(47)53)80(130)101-56(23-25-70(118)119)76(126)109-65(39-136)84(134)104-58(28-45-18-20-49(113)21-19-45)78(128)105-59(29-46-34-93-52-15-8-6-13-50(46)52)79(129)99-54(17-10-26-92-86(89)90)74(124)100-55(22-24-69(116)117)75(125)103-57(73(123)95-37-68(88)115)27-44-11-4-3-5-12-44/h3-9,11-16,18-21,34-36,41-42,54-66,93-94,111,113,136-137H,10,17,22-33,37-40H2,1-2H3,(H2,87,114)(H2,88,115)(H,91,96)(H,95,123)(H,97,127)(H,98,112)(H,99,129)(H,100,124)(H,101,130)(H,102,122)(H,103,125)(H,104,134)(H,105,128)(H,106,133)(H,107,135)(H,108,131)(H,109,126)(H,110,132)(H,116,117)(H,118,119)(H,120,121)(H4,89,90,92)/t42-,54-,55-,56-,57-,58-,59-,60-,61-,62-,63-,64-,65-,66-/m0/s1. The minimum absolute atomic E-state index is 0.0433. The number of amides is 17. The van der Waals surface area contributed by atoms with Crippen molar-refractivity contribution >= 4 is 171 Å². The molecule has 0 aliphatic rings. The fourth-order valence-electron chi connectivity index (χ4n) is 13.9. The summed E-state index contributed by atoms with van der Waals surface area (Å²) in [6.45, 7) is 0.187. The molecule has 0 unspecified atom stereocenters. The first-order valence-electron chi connectivity index (χ1n) is 42.6. The number of para-hydroxylation sites is 2. The number of H-pyrrole nitrogens is 3. The second-order valence-corrected chi connectivity index (χ2v) is 32.3. The number of nitrogens with zero attached hydrogens (tertiary/aromatic N) is 1.